The van der Waals surface area contributed by atoms with E-state index >= 15 is 0 Å². The molecule has 0 fully saturated rings. The van der Waals surface area contributed by atoms with Crippen LogP contribution in [0.2, 0.25) is 0 Å². The highest BCUT2D eigenvalue weighted by Gasteiger charge is 2.21. The van der Waals surface area contributed by atoms with Crippen molar-refractivity contribution in [2.45, 2.75) is 39.2 Å². The molecule has 4 heteroatoms. The van der Waals surface area contributed by atoms with Crippen molar-refractivity contribution in [1.82, 2.24) is 9.97 Å². The molecule has 0 aliphatic heterocycles. The normalized spacial score (nSPS) is 13.6. The van der Waals surface area contributed by atoms with Gasteiger partial charge in [-0.15, -0.1) is 11.3 Å². The van der Waals surface area contributed by atoms with E-state index in [1.165, 1.54) is 0 Å². The zero-order chi connectivity index (χ0) is 13.3. The van der Waals surface area contributed by atoms with Crippen molar-refractivity contribution >= 4 is 11.3 Å². The lowest BCUT2D eigenvalue weighted by molar-refractivity contribution is 0.215. The molecule has 2 aromatic heterocycles. The van der Waals surface area contributed by atoms with Crippen LogP contribution in [0.15, 0.2) is 23.8 Å². The fraction of sp³-hybridized carbons (Fsp3) is 0.429. The molecule has 2 aromatic rings. The molecule has 0 spiro atoms. The van der Waals surface area contributed by atoms with Gasteiger partial charge in [-0.3, -0.25) is 4.98 Å². The molecule has 1 atom stereocenters. The largest absolute Gasteiger partial charge is 0.382 e. The van der Waals surface area contributed by atoms with Crippen LogP contribution in [0.3, 0.4) is 0 Å². The number of aliphatic hydroxyl groups is 1. The molecule has 0 bridgehead atoms. The van der Waals surface area contributed by atoms with E-state index in [1.807, 2.05) is 18.4 Å². The number of thiazole rings is 1. The van der Waals surface area contributed by atoms with Gasteiger partial charge in [0.25, 0.3) is 0 Å². The van der Waals surface area contributed by atoms with Gasteiger partial charge in [0.05, 0.1) is 10.7 Å². The van der Waals surface area contributed by atoms with Crippen molar-refractivity contribution in [2.75, 3.05) is 0 Å². The zero-order valence-electron chi connectivity index (χ0n) is 11.1. The van der Waals surface area contributed by atoms with Crippen molar-refractivity contribution in [3.8, 4) is 0 Å². The van der Waals surface area contributed by atoms with Gasteiger partial charge >= 0.3 is 0 Å². The van der Waals surface area contributed by atoms with Crippen LogP contribution in [0.4, 0.5) is 0 Å². The standard InChI is InChI=1S/C14H18N2OS/c1-9-5-10(7-15-6-9)12(17)11-8-18-13(16-11)14(2,3)4/h5-8,12,17H,1-4H3. The Morgan fingerprint density at radius 3 is 2.56 bits per heavy atom. The van der Waals surface area contributed by atoms with E-state index in [0.717, 1.165) is 16.1 Å². The van der Waals surface area contributed by atoms with E-state index in [9.17, 15) is 5.11 Å². The molecule has 0 radical (unpaired) electrons. The van der Waals surface area contributed by atoms with E-state index < -0.39 is 6.10 Å². The minimum absolute atomic E-state index is 0.0213. The van der Waals surface area contributed by atoms with Crippen molar-refractivity contribution in [2.24, 2.45) is 0 Å². The van der Waals surface area contributed by atoms with E-state index in [0.29, 0.717) is 5.69 Å². The molecular formula is C14H18N2OS. The molecule has 0 aliphatic rings. The van der Waals surface area contributed by atoms with Gasteiger partial charge < -0.3 is 5.11 Å². The third kappa shape index (κ3) is 2.76. The molecule has 96 valence electrons. The van der Waals surface area contributed by atoms with Gasteiger partial charge in [-0.1, -0.05) is 26.8 Å². The van der Waals surface area contributed by atoms with Crippen molar-refractivity contribution in [3.05, 3.63) is 45.7 Å². The highest BCUT2D eigenvalue weighted by Crippen LogP contribution is 2.29. The van der Waals surface area contributed by atoms with Gasteiger partial charge in [0.1, 0.15) is 6.10 Å². The third-order valence-electron chi connectivity index (χ3n) is 2.66. The second-order valence-electron chi connectivity index (χ2n) is 5.53. The Balaban J connectivity index is 2.29. The number of pyridine rings is 1. The molecule has 2 heterocycles. The van der Waals surface area contributed by atoms with Crippen LogP contribution >= 0.6 is 11.3 Å². The minimum Gasteiger partial charge on any atom is -0.382 e. The Morgan fingerprint density at radius 2 is 2.00 bits per heavy atom. The lowest BCUT2D eigenvalue weighted by atomic mass is 9.98. The maximum Gasteiger partial charge on any atom is 0.123 e. The Morgan fingerprint density at radius 1 is 1.28 bits per heavy atom. The second kappa shape index (κ2) is 4.78. The van der Waals surface area contributed by atoms with Crippen LogP contribution in [-0.4, -0.2) is 15.1 Å². The van der Waals surface area contributed by atoms with Crippen molar-refractivity contribution < 1.29 is 5.11 Å². The minimum atomic E-state index is -0.690. The first-order valence-corrected chi connectivity index (χ1v) is 6.81. The quantitative estimate of drug-likeness (QED) is 0.904. The van der Waals surface area contributed by atoms with Crippen LogP contribution in [0, 0.1) is 6.92 Å². The molecule has 1 N–H and O–H groups in total. The first-order valence-electron chi connectivity index (χ1n) is 5.93. The van der Waals surface area contributed by atoms with Crippen molar-refractivity contribution in [1.29, 1.82) is 0 Å². The molecule has 0 saturated carbocycles. The van der Waals surface area contributed by atoms with Crippen molar-refractivity contribution in [3.63, 3.8) is 0 Å². The monoisotopic (exact) mass is 262 g/mol. The molecule has 2 rings (SSSR count). The summed E-state index contributed by atoms with van der Waals surface area (Å²) in [5, 5.41) is 13.3. The molecular weight excluding hydrogens is 244 g/mol. The average Bonchev–Trinajstić information content (AvgIpc) is 2.77. The molecule has 0 aliphatic carbocycles. The molecule has 0 amide bonds. The average molecular weight is 262 g/mol. The zero-order valence-corrected chi connectivity index (χ0v) is 12.0. The lowest BCUT2D eigenvalue weighted by Crippen LogP contribution is -2.11. The van der Waals surface area contributed by atoms with Crippen LogP contribution in [0.1, 0.15) is 48.7 Å². The predicted octanol–water partition coefficient (Wildman–Crippen LogP) is 3.23. The fourth-order valence-electron chi connectivity index (χ4n) is 1.65. The summed E-state index contributed by atoms with van der Waals surface area (Å²) in [6.07, 6.45) is 2.77. The third-order valence-corrected chi connectivity index (χ3v) is 3.94. The van der Waals surface area contributed by atoms with Crippen LogP contribution < -0.4 is 0 Å². The second-order valence-corrected chi connectivity index (χ2v) is 6.38. The molecule has 1 unspecified atom stereocenters. The number of rotatable bonds is 2. The van der Waals surface area contributed by atoms with E-state index in [4.69, 9.17) is 0 Å². The van der Waals surface area contributed by atoms with Gasteiger partial charge in [-0.25, -0.2) is 4.98 Å². The van der Waals surface area contributed by atoms with Gasteiger partial charge in [-0.2, -0.15) is 0 Å². The van der Waals surface area contributed by atoms with Gasteiger partial charge in [0, 0.05) is 28.8 Å². The Labute approximate surface area is 112 Å². The van der Waals surface area contributed by atoms with Gasteiger partial charge in [0.2, 0.25) is 0 Å². The topological polar surface area (TPSA) is 46.0 Å². The lowest BCUT2D eigenvalue weighted by Gasteiger charge is -2.14. The summed E-state index contributed by atoms with van der Waals surface area (Å²) in [4.78, 5) is 8.63. The number of aliphatic hydroxyl groups excluding tert-OH is 1. The van der Waals surface area contributed by atoms with Crippen LogP contribution in [0.5, 0.6) is 0 Å². The molecule has 0 saturated heterocycles. The molecule has 18 heavy (non-hydrogen) atoms. The van der Waals surface area contributed by atoms with Gasteiger partial charge in [-0.05, 0) is 12.5 Å². The maximum absolute atomic E-state index is 10.3. The molecule has 0 aromatic carbocycles. The Kier molecular flexibility index (Phi) is 3.50. The van der Waals surface area contributed by atoms with Crippen LogP contribution in [-0.2, 0) is 5.41 Å². The Hall–Kier alpha value is -1.26. The number of nitrogens with zero attached hydrogens (tertiary/aromatic N) is 2. The van der Waals surface area contributed by atoms with E-state index in [1.54, 1.807) is 23.7 Å². The van der Waals surface area contributed by atoms with E-state index in [2.05, 4.69) is 30.7 Å². The number of hydrogen-bond acceptors (Lipinski definition) is 4. The smallest absolute Gasteiger partial charge is 0.123 e. The number of aryl methyl sites for hydroxylation is 1. The Bertz CT molecular complexity index is 543. The van der Waals surface area contributed by atoms with E-state index in [-0.39, 0.29) is 5.41 Å². The highest BCUT2D eigenvalue weighted by atomic mass is 32.1. The summed E-state index contributed by atoms with van der Waals surface area (Å²) in [5.41, 5.74) is 2.56. The predicted molar refractivity (Wildman–Crippen MR) is 73.8 cm³/mol. The summed E-state index contributed by atoms with van der Waals surface area (Å²) in [7, 11) is 0. The molecule has 3 nitrogen and oxygen atoms in total. The van der Waals surface area contributed by atoms with Gasteiger partial charge in [0.15, 0.2) is 0 Å². The maximum atomic E-state index is 10.3. The fourth-order valence-corrected chi connectivity index (χ4v) is 2.58. The SMILES string of the molecule is Cc1cncc(C(O)c2csc(C(C)(C)C)n2)c1. The summed E-state index contributed by atoms with van der Waals surface area (Å²) in [5.74, 6) is 0. The summed E-state index contributed by atoms with van der Waals surface area (Å²) >= 11 is 1.59. The first-order chi connectivity index (χ1) is 8.38. The number of aromatic nitrogens is 2. The number of hydrogen-bond donors (Lipinski definition) is 1. The first kappa shape index (κ1) is 13.2. The summed E-state index contributed by atoms with van der Waals surface area (Å²) < 4.78 is 0. The summed E-state index contributed by atoms with van der Waals surface area (Å²) in [6.45, 7) is 8.33. The van der Waals surface area contributed by atoms with Crippen LogP contribution in [0.25, 0.3) is 0 Å². The summed E-state index contributed by atoms with van der Waals surface area (Å²) in [6, 6.07) is 1.94. The highest BCUT2D eigenvalue weighted by molar-refractivity contribution is 7.09.